The van der Waals surface area contributed by atoms with Gasteiger partial charge in [-0.3, -0.25) is 13.8 Å². The number of likely N-dealkylation sites (N-methyl/N-ethyl adjacent to an activating group) is 1. The fraction of sp³-hybridized carbons (Fsp3) is 0.556. The quantitative estimate of drug-likeness (QED) is 0.139. The topological polar surface area (TPSA) is 118 Å². The molecule has 0 fully saturated rings. The number of halogens is 3. The summed E-state index contributed by atoms with van der Waals surface area (Å²) >= 11 is 6.41. The van der Waals surface area contributed by atoms with Crippen LogP contribution in [0, 0.1) is 10.7 Å². The Hall–Kier alpha value is 0.220. The molecule has 1 aromatic carbocycles. The summed E-state index contributed by atoms with van der Waals surface area (Å²) in [6.45, 7) is 0.428. The van der Waals surface area contributed by atoms with Gasteiger partial charge in [-0.25, -0.2) is 9.36 Å². The van der Waals surface area contributed by atoms with E-state index in [1.807, 2.05) is 33.3 Å². The number of quaternary nitrogens is 1. The molecule has 0 bridgehead atoms. The highest BCUT2D eigenvalue weighted by Crippen LogP contribution is 2.43. The zero-order valence-corrected chi connectivity index (χ0v) is 25.4. The second-order valence-corrected chi connectivity index (χ2v) is 12.5. The van der Waals surface area contributed by atoms with E-state index in [2.05, 4.69) is 67.8 Å². The maximum Gasteiger partial charge on any atom is 0.472 e. The minimum absolute atomic E-state index is 0.00201. The minimum atomic E-state index is -4.36. The van der Waals surface area contributed by atoms with E-state index in [0.29, 0.717) is 16.8 Å². The molecule has 0 aliphatic heterocycles. The smallest absolute Gasteiger partial charge is 0.472 e. The van der Waals surface area contributed by atoms with E-state index in [0.717, 1.165) is 17.6 Å². The Morgan fingerprint density at radius 3 is 2.22 bits per heavy atom. The molecule has 32 heavy (non-hydrogen) atoms. The molecule has 0 radical (unpaired) electrons. The molecular weight excluding hydrogens is 786 g/mol. The summed E-state index contributed by atoms with van der Waals surface area (Å²) in [7, 11) is 1.35. The highest BCUT2D eigenvalue weighted by molar-refractivity contribution is 14.1. The van der Waals surface area contributed by atoms with Crippen molar-refractivity contribution in [1.82, 2.24) is 0 Å². The maximum atomic E-state index is 12.1. The van der Waals surface area contributed by atoms with E-state index >= 15 is 0 Å². The summed E-state index contributed by atoms with van der Waals surface area (Å²) in [6, 6.07) is 3.82. The molecule has 0 heterocycles. The van der Waals surface area contributed by atoms with Gasteiger partial charge in [-0.05, 0) is 79.9 Å². The maximum absolute atomic E-state index is 12.1. The molecule has 1 rings (SSSR count). The summed E-state index contributed by atoms with van der Waals surface area (Å²) < 4.78 is 40.7. The summed E-state index contributed by atoms with van der Waals surface area (Å²) in [5, 5.41) is 0. The van der Waals surface area contributed by atoms with Crippen molar-refractivity contribution in [2.75, 3.05) is 54.1 Å². The Morgan fingerprint density at radius 2 is 1.69 bits per heavy atom. The second-order valence-electron chi connectivity index (χ2n) is 7.51. The standard InChI is InChI=1S/C18H25I3NO9P/c1-12(23)31-14(10-30-32(25,26)29-6-5-22(2,3)4)9-27-17(24)11-28-18-15(20)7-13(19)8-16(18)21/h7-8,14H,5-6,9-11H2,1-4H3/p+1/t14-/m1/s1. The van der Waals surface area contributed by atoms with Gasteiger partial charge in [0.05, 0.1) is 34.9 Å². The monoisotopic (exact) mass is 812 g/mol. The Bertz CT molecular complexity index is 824. The zero-order chi connectivity index (χ0) is 24.5. The highest BCUT2D eigenvalue weighted by atomic mass is 127. The third kappa shape index (κ3) is 13.2. The van der Waals surface area contributed by atoms with Gasteiger partial charge in [-0.15, -0.1) is 0 Å². The van der Waals surface area contributed by atoms with Gasteiger partial charge in [0.1, 0.15) is 25.5 Å². The van der Waals surface area contributed by atoms with Gasteiger partial charge in [-0.1, -0.05) is 0 Å². The minimum Gasteiger partial charge on any atom is -0.480 e. The molecular formula is C18H26I3NO9P+. The SMILES string of the molecule is CC(=O)O[C@H](COC(=O)COc1c(I)cc(I)cc1I)COP(=O)(O)OCC[N+](C)(C)C. The molecule has 0 aliphatic carbocycles. The van der Waals surface area contributed by atoms with Crippen LogP contribution in [-0.2, 0) is 32.7 Å². The molecule has 0 amide bonds. The Morgan fingerprint density at radius 1 is 1.09 bits per heavy atom. The van der Waals surface area contributed by atoms with E-state index in [4.69, 9.17) is 23.3 Å². The van der Waals surface area contributed by atoms with Crippen molar-refractivity contribution >= 4 is 87.5 Å². The predicted octanol–water partition coefficient (Wildman–Crippen LogP) is 3.19. The molecule has 1 unspecified atom stereocenters. The van der Waals surface area contributed by atoms with Gasteiger partial charge in [-0.2, -0.15) is 0 Å². The Kier molecular flexibility index (Phi) is 13.2. The van der Waals surface area contributed by atoms with E-state index in [9.17, 15) is 19.0 Å². The van der Waals surface area contributed by atoms with Crippen molar-refractivity contribution in [2.24, 2.45) is 0 Å². The fourth-order valence-electron chi connectivity index (χ4n) is 2.02. The van der Waals surface area contributed by atoms with Crippen molar-refractivity contribution in [1.29, 1.82) is 0 Å². The first-order valence-corrected chi connectivity index (χ1v) is 13.9. The van der Waals surface area contributed by atoms with Crippen molar-refractivity contribution < 1.29 is 46.8 Å². The van der Waals surface area contributed by atoms with Crippen molar-refractivity contribution in [3.05, 3.63) is 22.8 Å². The predicted molar refractivity (Wildman–Crippen MR) is 141 cm³/mol. The molecule has 0 spiro atoms. The van der Waals surface area contributed by atoms with Crippen LogP contribution >= 0.6 is 75.6 Å². The lowest BCUT2D eigenvalue weighted by atomic mass is 10.3. The molecule has 2 atom stereocenters. The van der Waals surface area contributed by atoms with E-state index in [-0.39, 0.29) is 19.8 Å². The van der Waals surface area contributed by atoms with Gasteiger partial charge >= 0.3 is 19.8 Å². The van der Waals surface area contributed by atoms with Crippen LogP contribution in [0.3, 0.4) is 0 Å². The van der Waals surface area contributed by atoms with Gasteiger partial charge in [0.25, 0.3) is 0 Å². The lowest BCUT2D eigenvalue weighted by Crippen LogP contribution is -2.37. The molecule has 0 saturated carbocycles. The van der Waals surface area contributed by atoms with Crippen molar-refractivity contribution in [3.63, 3.8) is 0 Å². The number of carbonyl (C=O) groups excluding carboxylic acids is 2. The van der Waals surface area contributed by atoms with Crippen molar-refractivity contribution in [3.8, 4) is 5.75 Å². The average molecular weight is 812 g/mol. The number of benzene rings is 1. The number of nitrogens with zero attached hydrogens (tertiary/aromatic N) is 1. The second kappa shape index (κ2) is 13.9. The average Bonchev–Trinajstić information content (AvgIpc) is 2.61. The third-order valence-electron chi connectivity index (χ3n) is 3.50. The summed E-state index contributed by atoms with van der Waals surface area (Å²) in [5.74, 6) is -0.790. The van der Waals surface area contributed by atoms with Gasteiger partial charge in [0.15, 0.2) is 12.7 Å². The molecule has 1 aromatic rings. The number of carbonyl (C=O) groups is 2. The lowest BCUT2D eigenvalue weighted by molar-refractivity contribution is -0.870. The number of rotatable bonds is 13. The molecule has 10 nitrogen and oxygen atoms in total. The van der Waals surface area contributed by atoms with Crippen LogP contribution in [0.25, 0.3) is 0 Å². The largest absolute Gasteiger partial charge is 0.480 e. The number of ether oxygens (including phenoxy) is 3. The lowest BCUT2D eigenvalue weighted by Gasteiger charge is -2.24. The van der Waals surface area contributed by atoms with Gasteiger partial charge in [0.2, 0.25) is 0 Å². The number of esters is 2. The van der Waals surface area contributed by atoms with Gasteiger partial charge in [0, 0.05) is 10.5 Å². The molecule has 182 valence electrons. The first-order chi connectivity index (χ1) is 14.7. The Labute approximate surface area is 228 Å². The number of phosphoric acid groups is 1. The number of hydrogen-bond donors (Lipinski definition) is 1. The molecule has 0 aliphatic rings. The van der Waals surface area contributed by atoms with E-state index in [1.54, 1.807) is 0 Å². The Balaban J connectivity index is 2.54. The molecule has 14 heteroatoms. The summed E-state index contributed by atoms with van der Waals surface area (Å²) in [4.78, 5) is 33.2. The highest BCUT2D eigenvalue weighted by Gasteiger charge is 2.26. The normalized spacial score (nSPS) is 14.4. The number of hydrogen-bond acceptors (Lipinski definition) is 8. The van der Waals surface area contributed by atoms with E-state index < -0.39 is 32.5 Å². The summed E-state index contributed by atoms with van der Waals surface area (Å²) in [6.07, 6.45) is -1.09. The van der Waals surface area contributed by atoms with Crippen LogP contribution < -0.4 is 4.74 Å². The zero-order valence-electron chi connectivity index (χ0n) is 18.0. The molecule has 0 saturated heterocycles. The van der Waals surface area contributed by atoms with E-state index in [1.165, 1.54) is 0 Å². The third-order valence-corrected chi connectivity index (χ3v) is 6.71. The van der Waals surface area contributed by atoms with Crippen molar-refractivity contribution in [2.45, 2.75) is 13.0 Å². The molecule has 1 N–H and O–H groups in total. The van der Waals surface area contributed by atoms with Crippen LogP contribution in [0.4, 0.5) is 0 Å². The van der Waals surface area contributed by atoms with Crippen LogP contribution in [0.15, 0.2) is 12.1 Å². The van der Waals surface area contributed by atoms with Gasteiger partial charge < -0.3 is 23.6 Å². The summed E-state index contributed by atoms with van der Waals surface area (Å²) in [5.41, 5.74) is 0. The van der Waals surface area contributed by atoms with Crippen LogP contribution in [0.5, 0.6) is 5.75 Å². The van der Waals surface area contributed by atoms with Crippen LogP contribution in [0.2, 0.25) is 0 Å². The molecule has 0 aromatic heterocycles. The van der Waals surface area contributed by atoms with Crippen LogP contribution in [0.1, 0.15) is 6.92 Å². The number of phosphoric ester groups is 1. The first kappa shape index (κ1) is 30.3. The fourth-order valence-corrected chi connectivity index (χ4v) is 6.66. The first-order valence-electron chi connectivity index (χ1n) is 9.21. The van der Waals surface area contributed by atoms with Crippen LogP contribution in [-0.4, -0.2) is 81.5 Å².